The Morgan fingerprint density at radius 3 is 2.07 bits per heavy atom. The van der Waals surface area contributed by atoms with Gasteiger partial charge in [-0.05, 0) is 12.8 Å². The molecule has 6 heteroatoms. The van der Waals surface area contributed by atoms with Crippen molar-refractivity contribution in [2.75, 3.05) is 27.9 Å². The number of rotatable bonds is 8. The molecule has 0 fully saturated rings. The quantitative estimate of drug-likeness (QED) is 0.565. The highest BCUT2D eigenvalue weighted by Gasteiger charge is 2.36. The summed E-state index contributed by atoms with van der Waals surface area (Å²) in [4.78, 5) is 0. The number of hydrogen-bond donors (Lipinski definition) is 2. The van der Waals surface area contributed by atoms with Crippen molar-refractivity contribution < 1.29 is 18.4 Å². The summed E-state index contributed by atoms with van der Waals surface area (Å²) >= 11 is 0. The van der Waals surface area contributed by atoms with Crippen molar-refractivity contribution in [2.24, 2.45) is 5.73 Å². The van der Waals surface area contributed by atoms with Gasteiger partial charge in [0.1, 0.15) is 0 Å². The van der Waals surface area contributed by atoms with E-state index in [2.05, 4.69) is 0 Å². The molecule has 1 unspecified atom stereocenters. The first-order valence-electron chi connectivity index (χ1n) is 4.67. The van der Waals surface area contributed by atoms with Crippen molar-refractivity contribution in [3.63, 3.8) is 0 Å². The summed E-state index contributed by atoms with van der Waals surface area (Å²) in [7, 11) is 2.30. The number of nitrogens with two attached hydrogens (primary N) is 1. The van der Waals surface area contributed by atoms with Crippen molar-refractivity contribution in [2.45, 2.75) is 25.0 Å². The minimum absolute atomic E-state index is 0.293. The largest absolute Gasteiger partial charge is 0.500 e. The SMILES string of the molecule is CO[Si](CCCC(O)CN)(OC)OC. The molecule has 3 N–H and O–H groups in total. The van der Waals surface area contributed by atoms with Crippen LogP contribution in [0, 0.1) is 0 Å². The summed E-state index contributed by atoms with van der Waals surface area (Å²) in [5, 5.41) is 9.24. The van der Waals surface area contributed by atoms with Gasteiger partial charge >= 0.3 is 8.80 Å². The summed E-state index contributed by atoms with van der Waals surface area (Å²) in [6.45, 7) is 0.293. The average Bonchev–Trinajstić information content (AvgIpc) is 2.25. The second-order valence-corrected chi connectivity index (χ2v) is 6.17. The van der Waals surface area contributed by atoms with Crippen molar-refractivity contribution >= 4 is 8.80 Å². The molecule has 14 heavy (non-hydrogen) atoms. The maximum atomic E-state index is 9.24. The zero-order valence-corrected chi connectivity index (χ0v) is 10.2. The van der Waals surface area contributed by atoms with E-state index >= 15 is 0 Å². The monoisotopic (exact) mass is 223 g/mol. The summed E-state index contributed by atoms with van der Waals surface area (Å²) < 4.78 is 15.7. The van der Waals surface area contributed by atoms with E-state index in [1.807, 2.05) is 0 Å². The van der Waals surface area contributed by atoms with Gasteiger partial charge in [0.25, 0.3) is 0 Å². The van der Waals surface area contributed by atoms with Crippen molar-refractivity contribution in [3.05, 3.63) is 0 Å². The van der Waals surface area contributed by atoms with Crippen LogP contribution >= 0.6 is 0 Å². The Hall–Kier alpha value is 0.0169. The Morgan fingerprint density at radius 2 is 1.71 bits per heavy atom. The molecular weight excluding hydrogens is 202 g/mol. The molecule has 86 valence electrons. The van der Waals surface area contributed by atoms with Crippen LogP contribution in [0.25, 0.3) is 0 Å². The summed E-state index contributed by atoms with van der Waals surface area (Å²) in [6.07, 6.45) is 1.01. The molecule has 0 aromatic carbocycles. The van der Waals surface area contributed by atoms with E-state index in [-0.39, 0.29) is 0 Å². The third kappa shape index (κ3) is 4.49. The van der Waals surface area contributed by atoms with Gasteiger partial charge in [0.2, 0.25) is 0 Å². The minimum atomic E-state index is -2.45. The second kappa shape index (κ2) is 7.33. The Labute approximate surface area is 86.5 Å². The lowest BCUT2D eigenvalue weighted by Crippen LogP contribution is -2.42. The standard InChI is InChI=1S/C8H21NO4Si/c1-11-14(12-2,13-3)6-4-5-8(10)7-9/h8,10H,4-7,9H2,1-3H3. The third-order valence-electron chi connectivity index (χ3n) is 2.23. The van der Waals surface area contributed by atoms with E-state index in [1.54, 1.807) is 21.3 Å². The number of hydrogen-bond acceptors (Lipinski definition) is 5. The molecule has 0 amide bonds. The zero-order chi connectivity index (χ0) is 11.0. The van der Waals surface area contributed by atoms with Crippen LogP contribution in [0.15, 0.2) is 0 Å². The van der Waals surface area contributed by atoms with Gasteiger partial charge in [0, 0.05) is 33.9 Å². The molecule has 0 bridgehead atoms. The maximum absolute atomic E-state index is 9.24. The molecule has 1 atom stereocenters. The fraction of sp³-hybridized carbons (Fsp3) is 1.00. The lowest BCUT2D eigenvalue weighted by Gasteiger charge is -2.24. The molecule has 0 aliphatic rings. The smallest absolute Gasteiger partial charge is 0.392 e. The van der Waals surface area contributed by atoms with E-state index in [4.69, 9.17) is 19.0 Å². The molecule has 0 aliphatic heterocycles. The van der Waals surface area contributed by atoms with Crippen molar-refractivity contribution in [1.29, 1.82) is 0 Å². The van der Waals surface area contributed by atoms with Crippen LogP contribution in [0.5, 0.6) is 0 Å². The fourth-order valence-corrected chi connectivity index (χ4v) is 2.98. The first-order valence-corrected chi connectivity index (χ1v) is 6.61. The summed E-state index contributed by atoms with van der Waals surface area (Å²) in [6, 6.07) is 0.702. The van der Waals surface area contributed by atoms with Crippen LogP contribution in [-0.2, 0) is 13.3 Å². The lowest BCUT2D eigenvalue weighted by molar-refractivity contribution is 0.119. The molecule has 0 aromatic heterocycles. The molecule has 0 saturated heterocycles. The molecule has 0 spiro atoms. The van der Waals surface area contributed by atoms with Crippen LogP contribution < -0.4 is 5.73 Å². The normalized spacial score (nSPS) is 14.4. The van der Waals surface area contributed by atoms with Crippen LogP contribution in [-0.4, -0.2) is 47.9 Å². The van der Waals surface area contributed by atoms with Gasteiger partial charge in [-0.2, -0.15) is 0 Å². The topological polar surface area (TPSA) is 73.9 Å². The molecule has 0 aliphatic carbocycles. The highest BCUT2D eigenvalue weighted by atomic mass is 28.4. The predicted molar refractivity (Wildman–Crippen MR) is 55.9 cm³/mol. The molecule has 0 radical (unpaired) electrons. The number of aliphatic hydroxyl groups excluding tert-OH is 1. The average molecular weight is 223 g/mol. The highest BCUT2D eigenvalue weighted by Crippen LogP contribution is 2.16. The van der Waals surface area contributed by atoms with Gasteiger partial charge in [-0.3, -0.25) is 0 Å². The van der Waals surface area contributed by atoms with Gasteiger partial charge < -0.3 is 24.1 Å². The van der Waals surface area contributed by atoms with Gasteiger partial charge in [-0.1, -0.05) is 0 Å². The Bertz CT molecular complexity index is 135. The Kier molecular flexibility index (Phi) is 7.34. The van der Waals surface area contributed by atoms with Crippen LogP contribution in [0.3, 0.4) is 0 Å². The molecule has 0 heterocycles. The van der Waals surface area contributed by atoms with Gasteiger partial charge in [-0.25, -0.2) is 0 Å². The van der Waals surface area contributed by atoms with E-state index in [0.29, 0.717) is 19.0 Å². The first kappa shape index (κ1) is 14.0. The summed E-state index contributed by atoms with van der Waals surface area (Å²) in [5.74, 6) is 0. The number of aliphatic hydroxyl groups is 1. The van der Waals surface area contributed by atoms with Crippen LogP contribution in [0.4, 0.5) is 0 Å². The third-order valence-corrected chi connectivity index (χ3v) is 5.06. The zero-order valence-electron chi connectivity index (χ0n) is 9.16. The molecule has 0 aromatic rings. The lowest BCUT2D eigenvalue weighted by atomic mass is 10.2. The van der Waals surface area contributed by atoms with Gasteiger partial charge in [-0.15, -0.1) is 0 Å². The van der Waals surface area contributed by atoms with Crippen LogP contribution in [0.1, 0.15) is 12.8 Å². The maximum Gasteiger partial charge on any atom is 0.500 e. The first-order chi connectivity index (χ1) is 6.64. The molecule has 0 rings (SSSR count). The molecular formula is C8H21NO4Si. The van der Waals surface area contributed by atoms with E-state index < -0.39 is 14.9 Å². The minimum Gasteiger partial charge on any atom is -0.392 e. The van der Waals surface area contributed by atoms with E-state index in [1.165, 1.54) is 0 Å². The Morgan fingerprint density at radius 1 is 1.21 bits per heavy atom. The summed E-state index contributed by atoms with van der Waals surface area (Å²) in [5.41, 5.74) is 5.29. The van der Waals surface area contributed by atoms with Crippen molar-refractivity contribution in [3.8, 4) is 0 Å². The van der Waals surface area contributed by atoms with Gasteiger partial charge in [0.05, 0.1) is 6.10 Å². The molecule has 0 saturated carbocycles. The second-order valence-electron chi connectivity index (χ2n) is 3.08. The fourth-order valence-electron chi connectivity index (χ4n) is 1.23. The van der Waals surface area contributed by atoms with E-state index in [9.17, 15) is 5.11 Å². The van der Waals surface area contributed by atoms with Crippen molar-refractivity contribution in [1.82, 2.24) is 0 Å². The van der Waals surface area contributed by atoms with E-state index in [0.717, 1.165) is 6.42 Å². The Balaban J connectivity index is 3.82. The predicted octanol–water partition coefficient (Wildman–Crippen LogP) is -0.0357. The van der Waals surface area contributed by atoms with Crippen LogP contribution in [0.2, 0.25) is 6.04 Å². The van der Waals surface area contributed by atoms with Gasteiger partial charge in [0.15, 0.2) is 0 Å². The highest BCUT2D eigenvalue weighted by molar-refractivity contribution is 6.60. The molecule has 5 nitrogen and oxygen atoms in total.